The molecule has 120 valence electrons. The average molecular weight is 324 g/mol. The molecule has 1 fully saturated rings. The Morgan fingerprint density at radius 3 is 2.48 bits per heavy atom. The number of halogens is 4. The van der Waals surface area contributed by atoms with E-state index < -0.39 is 29.2 Å². The highest BCUT2D eigenvalue weighted by Gasteiger charge is 2.32. The lowest BCUT2D eigenvalue weighted by molar-refractivity contribution is -0.128. The van der Waals surface area contributed by atoms with Gasteiger partial charge < -0.3 is 4.90 Å². The zero-order chi connectivity index (χ0) is 16.6. The molecule has 1 aromatic heterocycles. The van der Waals surface area contributed by atoms with Crippen molar-refractivity contribution in [2.75, 3.05) is 6.54 Å². The molecular weight excluding hydrogens is 312 g/mol. The van der Waals surface area contributed by atoms with Crippen molar-refractivity contribution in [3.05, 3.63) is 65.0 Å². The summed E-state index contributed by atoms with van der Waals surface area (Å²) in [4.78, 5) is 17.1. The van der Waals surface area contributed by atoms with Gasteiger partial charge in [-0.25, -0.2) is 17.6 Å². The van der Waals surface area contributed by atoms with E-state index in [-0.39, 0.29) is 31.0 Å². The monoisotopic (exact) mass is 324 g/mol. The highest BCUT2D eigenvalue weighted by molar-refractivity contribution is 5.79. The number of hydrogen-bond acceptors (Lipinski definition) is 2. The van der Waals surface area contributed by atoms with Crippen molar-refractivity contribution in [3.8, 4) is 0 Å². The minimum Gasteiger partial charge on any atom is -0.338 e. The first kappa shape index (κ1) is 15.5. The maximum absolute atomic E-state index is 13.6. The second kappa shape index (κ2) is 5.98. The second-order valence-corrected chi connectivity index (χ2v) is 5.44. The molecule has 1 unspecified atom stereocenters. The fraction of sp³-hybridized carbons (Fsp3) is 0.250. The van der Waals surface area contributed by atoms with Crippen LogP contribution >= 0.6 is 0 Å². The largest absolute Gasteiger partial charge is 0.338 e. The third kappa shape index (κ3) is 3.04. The Bertz CT molecular complexity index is 742. The SMILES string of the molecule is O=C1CC(c2cc(F)c(F)c(F)c2)CN1Cc1ccncc1F. The molecule has 1 atom stereocenters. The molecular formula is C16H12F4N2O. The average Bonchev–Trinajstić information content (AvgIpc) is 2.88. The lowest BCUT2D eigenvalue weighted by Crippen LogP contribution is -2.25. The number of likely N-dealkylation sites (tertiary alicyclic amines) is 1. The van der Waals surface area contributed by atoms with Gasteiger partial charge in [0, 0.05) is 37.2 Å². The fourth-order valence-corrected chi connectivity index (χ4v) is 2.70. The maximum atomic E-state index is 13.6. The second-order valence-electron chi connectivity index (χ2n) is 5.44. The molecule has 0 bridgehead atoms. The van der Waals surface area contributed by atoms with Gasteiger partial charge in [-0.05, 0) is 23.8 Å². The molecule has 1 saturated heterocycles. The Labute approximate surface area is 129 Å². The van der Waals surface area contributed by atoms with Crippen LogP contribution in [0.3, 0.4) is 0 Å². The van der Waals surface area contributed by atoms with E-state index in [4.69, 9.17) is 0 Å². The summed E-state index contributed by atoms with van der Waals surface area (Å²) in [6.07, 6.45) is 2.51. The lowest BCUT2D eigenvalue weighted by Gasteiger charge is -2.17. The molecule has 0 spiro atoms. The van der Waals surface area contributed by atoms with Crippen LogP contribution in [0, 0.1) is 23.3 Å². The number of nitrogens with zero attached hydrogens (tertiary/aromatic N) is 2. The van der Waals surface area contributed by atoms with Gasteiger partial charge in [-0.1, -0.05) is 0 Å². The number of rotatable bonds is 3. The number of carbonyl (C=O) groups excluding carboxylic acids is 1. The predicted molar refractivity (Wildman–Crippen MR) is 73.3 cm³/mol. The Balaban J connectivity index is 1.79. The predicted octanol–water partition coefficient (Wildman–Crippen LogP) is 3.15. The number of amides is 1. The summed E-state index contributed by atoms with van der Waals surface area (Å²) in [5, 5.41) is 0. The van der Waals surface area contributed by atoms with Crippen LogP contribution in [0.4, 0.5) is 17.6 Å². The van der Waals surface area contributed by atoms with Gasteiger partial charge >= 0.3 is 0 Å². The Morgan fingerprint density at radius 1 is 1.13 bits per heavy atom. The third-order valence-electron chi connectivity index (χ3n) is 3.91. The van der Waals surface area contributed by atoms with Crippen molar-refractivity contribution in [3.63, 3.8) is 0 Å². The minimum absolute atomic E-state index is 0.0389. The van der Waals surface area contributed by atoms with Gasteiger partial charge in [0.2, 0.25) is 5.91 Å². The first-order valence-corrected chi connectivity index (χ1v) is 6.96. The Morgan fingerprint density at radius 2 is 1.83 bits per heavy atom. The van der Waals surface area contributed by atoms with Crippen molar-refractivity contribution < 1.29 is 22.4 Å². The van der Waals surface area contributed by atoms with Gasteiger partial charge in [0.25, 0.3) is 0 Å². The third-order valence-corrected chi connectivity index (χ3v) is 3.91. The molecule has 0 aliphatic carbocycles. The van der Waals surface area contributed by atoms with E-state index in [1.54, 1.807) is 0 Å². The van der Waals surface area contributed by atoms with E-state index in [0.29, 0.717) is 5.56 Å². The number of benzene rings is 1. The molecule has 0 N–H and O–H groups in total. The van der Waals surface area contributed by atoms with Gasteiger partial charge in [0.05, 0.1) is 6.20 Å². The van der Waals surface area contributed by atoms with Crippen molar-refractivity contribution in [2.45, 2.75) is 18.9 Å². The number of hydrogen-bond donors (Lipinski definition) is 0. The molecule has 3 rings (SSSR count). The highest BCUT2D eigenvalue weighted by Crippen LogP contribution is 2.31. The first-order chi connectivity index (χ1) is 11.0. The standard InChI is InChI=1S/C16H12F4N2O/c17-12-3-10(4-13(18)16(12)20)11-5-15(23)22(8-11)7-9-1-2-21-6-14(9)19/h1-4,6,11H,5,7-8H2. The van der Waals surface area contributed by atoms with Gasteiger partial charge in [0.15, 0.2) is 17.5 Å². The van der Waals surface area contributed by atoms with E-state index >= 15 is 0 Å². The fourth-order valence-electron chi connectivity index (χ4n) is 2.70. The maximum Gasteiger partial charge on any atom is 0.223 e. The summed E-state index contributed by atoms with van der Waals surface area (Å²) >= 11 is 0. The number of pyridine rings is 1. The molecule has 3 nitrogen and oxygen atoms in total. The number of carbonyl (C=O) groups is 1. The van der Waals surface area contributed by atoms with Gasteiger partial charge in [0.1, 0.15) is 5.82 Å². The van der Waals surface area contributed by atoms with Gasteiger partial charge in [-0.15, -0.1) is 0 Å². The molecule has 1 aliphatic rings. The van der Waals surface area contributed by atoms with Crippen molar-refractivity contribution in [1.82, 2.24) is 9.88 Å². The molecule has 0 saturated carbocycles. The lowest BCUT2D eigenvalue weighted by atomic mass is 9.98. The summed E-state index contributed by atoms with van der Waals surface area (Å²) in [5.74, 6) is -5.35. The van der Waals surface area contributed by atoms with Crippen molar-refractivity contribution in [2.24, 2.45) is 0 Å². The molecule has 1 aliphatic heterocycles. The van der Waals surface area contributed by atoms with Crippen LogP contribution in [-0.4, -0.2) is 22.3 Å². The van der Waals surface area contributed by atoms with Gasteiger partial charge in [-0.2, -0.15) is 0 Å². The smallest absolute Gasteiger partial charge is 0.223 e. The Kier molecular flexibility index (Phi) is 4.02. The quantitative estimate of drug-likeness (QED) is 0.642. The number of aromatic nitrogens is 1. The summed E-state index contributed by atoms with van der Waals surface area (Å²) in [7, 11) is 0. The molecule has 1 amide bonds. The van der Waals surface area contributed by atoms with Crippen molar-refractivity contribution >= 4 is 5.91 Å². The van der Waals surface area contributed by atoms with Crippen LogP contribution in [-0.2, 0) is 11.3 Å². The topological polar surface area (TPSA) is 33.2 Å². The van der Waals surface area contributed by atoms with Gasteiger partial charge in [-0.3, -0.25) is 9.78 Å². The van der Waals surface area contributed by atoms with E-state index in [9.17, 15) is 22.4 Å². The molecule has 23 heavy (non-hydrogen) atoms. The first-order valence-electron chi connectivity index (χ1n) is 6.96. The van der Waals surface area contributed by atoms with E-state index in [1.807, 2.05) is 0 Å². The summed E-state index contributed by atoms with van der Waals surface area (Å²) in [5.41, 5.74) is 0.526. The normalized spacial score (nSPS) is 17.8. The van der Waals surface area contributed by atoms with E-state index in [1.165, 1.54) is 17.2 Å². The van der Waals surface area contributed by atoms with Crippen LogP contribution in [0.15, 0.2) is 30.6 Å². The molecule has 7 heteroatoms. The summed E-state index contributed by atoms with van der Waals surface area (Å²) < 4.78 is 53.2. The summed E-state index contributed by atoms with van der Waals surface area (Å²) in [6.45, 7) is 0.237. The van der Waals surface area contributed by atoms with Crippen LogP contribution in [0.5, 0.6) is 0 Å². The molecule has 0 radical (unpaired) electrons. The van der Waals surface area contributed by atoms with E-state index in [2.05, 4.69) is 4.98 Å². The molecule has 2 aromatic rings. The van der Waals surface area contributed by atoms with Crippen molar-refractivity contribution in [1.29, 1.82) is 0 Å². The zero-order valence-electron chi connectivity index (χ0n) is 11.9. The van der Waals surface area contributed by atoms with Crippen LogP contribution in [0.1, 0.15) is 23.5 Å². The summed E-state index contributed by atoms with van der Waals surface area (Å²) in [6, 6.07) is 3.26. The Hall–Kier alpha value is -2.44. The minimum atomic E-state index is -1.53. The van der Waals surface area contributed by atoms with E-state index in [0.717, 1.165) is 18.3 Å². The van der Waals surface area contributed by atoms with Crippen LogP contribution < -0.4 is 0 Å². The highest BCUT2D eigenvalue weighted by atomic mass is 19.2. The zero-order valence-corrected chi connectivity index (χ0v) is 11.9. The molecule has 1 aromatic carbocycles. The molecule has 2 heterocycles. The van der Waals surface area contributed by atoms with Crippen LogP contribution in [0.2, 0.25) is 0 Å². The van der Waals surface area contributed by atoms with Crippen LogP contribution in [0.25, 0.3) is 0 Å².